The lowest BCUT2D eigenvalue weighted by molar-refractivity contribution is 0.102. The van der Waals surface area contributed by atoms with Gasteiger partial charge in [0.2, 0.25) is 0 Å². The van der Waals surface area contributed by atoms with Gasteiger partial charge in [-0.15, -0.1) is 22.7 Å². The van der Waals surface area contributed by atoms with Crippen LogP contribution in [0.15, 0.2) is 53.9 Å². The first-order valence-electron chi connectivity index (χ1n) is 12.6. The highest BCUT2D eigenvalue weighted by Crippen LogP contribution is 2.42. The van der Waals surface area contributed by atoms with Crippen LogP contribution in [0.25, 0.3) is 16.3 Å². The van der Waals surface area contributed by atoms with Gasteiger partial charge in [0.05, 0.1) is 5.69 Å². The van der Waals surface area contributed by atoms with Crippen LogP contribution in [-0.4, -0.2) is 16.7 Å². The van der Waals surface area contributed by atoms with Crippen LogP contribution in [0.2, 0.25) is 0 Å². The molecule has 1 aliphatic rings. The van der Waals surface area contributed by atoms with Gasteiger partial charge in [-0.05, 0) is 90.1 Å². The summed E-state index contributed by atoms with van der Waals surface area (Å²) in [6.07, 6.45) is 7.63. The van der Waals surface area contributed by atoms with Gasteiger partial charge in [-0.3, -0.25) is 9.59 Å². The van der Waals surface area contributed by atoms with Gasteiger partial charge < -0.3 is 11.1 Å². The van der Waals surface area contributed by atoms with E-state index in [-0.39, 0.29) is 11.7 Å². The molecule has 0 fully saturated rings. The van der Waals surface area contributed by atoms with E-state index >= 15 is 0 Å². The van der Waals surface area contributed by atoms with Crippen LogP contribution in [0.1, 0.15) is 69.8 Å². The molecule has 3 heterocycles. The second-order valence-electron chi connectivity index (χ2n) is 10.3. The van der Waals surface area contributed by atoms with Crippen molar-refractivity contribution in [2.75, 3.05) is 11.1 Å². The third-order valence-corrected chi connectivity index (χ3v) is 9.63. The number of ketones is 1. The molecule has 3 N–H and O–H groups in total. The van der Waals surface area contributed by atoms with Crippen molar-refractivity contribution < 1.29 is 9.59 Å². The van der Waals surface area contributed by atoms with Crippen LogP contribution >= 0.6 is 22.7 Å². The fraction of sp³-hybridized carbons (Fsp3) is 0.300. The lowest BCUT2D eigenvalue weighted by Crippen LogP contribution is -2.29. The second kappa shape index (κ2) is 10.2. The van der Waals surface area contributed by atoms with Crippen LogP contribution in [0.5, 0.6) is 0 Å². The molecule has 0 spiro atoms. The molecule has 0 radical (unpaired) electrons. The molecule has 190 valence electrons. The van der Waals surface area contributed by atoms with Crippen LogP contribution in [0.4, 0.5) is 11.4 Å². The van der Waals surface area contributed by atoms with Gasteiger partial charge in [0.1, 0.15) is 9.71 Å². The van der Waals surface area contributed by atoms with Crippen LogP contribution in [-0.2, 0) is 12.8 Å². The summed E-state index contributed by atoms with van der Waals surface area (Å²) in [7, 11) is 0. The Morgan fingerprint density at radius 2 is 2.00 bits per heavy atom. The molecule has 1 amide bonds. The summed E-state index contributed by atoms with van der Waals surface area (Å²) < 4.78 is 0. The molecule has 4 aromatic rings. The van der Waals surface area contributed by atoms with E-state index in [0.717, 1.165) is 46.5 Å². The van der Waals surface area contributed by atoms with Crippen molar-refractivity contribution in [2.24, 2.45) is 11.3 Å². The number of hydrogen-bond acceptors (Lipinski definition) is 6. The fourth-order valence-electron chi connectivity index (χ4n) is 4.86. The molecule has 1 aromatic carbocycles. The topological polar surface area (TPSA) is 85.1 Å². The van der Waals surface area contributed by atoms with E-state index in [1.54, 1.807) is 41.7 Å². The molecule has 5 rings (SSSR count). The molecule has 0 saturated carbocycles. The third kappa shape index (κ3) is 5.24. The van der Waals surface area contributed by atoms with E-state index in [0.29, 0.717) is 33.1 Å². The average Bonchev–Trinajstić information content (AvgIpc) is 3.54. The number of aryl methyl sites for hydroxylation is 1. The number of carbonyl (C=O) groups is 2. The Hall–Kier alpha value is -3.29. The summed E-state index contributed by atoms with van der Waals surface area (Å²) >= 11 is 2.92. The Kier molecular flexibility index (Phi) is 7.01. The van der Waals surface area contributed by atoms with Crippen molar-refractivity contribution in [3.8, 4) is 0 Å². The van der Waals surface area contributed by atoms with Crippen molar-refractivity contribution >= 4 is 62.0 Å². The van der Waals surface area contributed by atoms with E-state index in [1.165, 1.54) is 16.9 Å². The SMILES string of the molecule is CCC(C)(C)[C@@H]1CCc2nc3sc(C(=O)Nc4ccc(C(=O)/C=C/c5cccs5)cc4)c(N)c3cc2C1. The van der Waals surface area contributed by atoms with Crippen molar-refractivity contribution in [1.82, 2.24) is 4.98 Å². The highest BCUT2D eigenvalue weighted by Gasteiger charge is 2.32. The molecule has 5 nitrogen and oxygen atoms in total. The number of amides is 1. The highest BCUT2D eigenvalue weighted by molar-refractivity contribution is 7.21. The van der Waals surface area contributed by atoms with Crippen molar-refractivity contribution in [1.29, 1.82) is 0 Å². The molecule has 3 aromatic heterocycles. The van der Waals surface area contributed by atoms with Crippen LogP contribution < -0.4 is 11.1 Å². The fourth-order valence-corrected chi connectivity index (χ4v) is 6.47. The number of carbonyl (C=O) groups excluding carboxylic acids is 2. The Bertz CT molecular complexity index is 1480. The number of anilines is 2. The number of aromatic nitrogens is 1. The maximum absolute atomic E-state index is 13.1. The minimum absolute atomic E-state index is 0.0837. The molecule has 7 heteroatoms. The minimum atomic E-state index is -0.264. The Balaban J connectivity index is 1.31. The number of thiophene rings is 2. The Morgan fingerprint density at radius 1 is 1.22 bits per heavy atom. The molecule has 0 saturated heterocycles. The second-order valence-corrected chi connectivity index (χ2v) is 12.3. The summed E-state index contributed by atoms with van der Waals surface area (Å²) in [5.41, 5.74) is 10.8. The normalized spacial score (nSPS) is 15.7. The zero-order valence-electron chi connectivity index (χ0n) is 21.3. The van der Waals surface area contributed by atoms with Crippen molar-refractivity contribution in [3.63, 3.8) is 0 Å². The predicted molar refractivity (Wildman–Crippen MR) is 156 cm³/mol. The standard InChI is InChI=1S/C30H31N3O2S2/c1-4-30(2,3)20-9-13-24-19(16-20)17-23-26(31)27(37-29(23)33-24)28(35)32-21-10-7-18(8-11-21)25(34)14-12-22-6-5-15-36-22/h5-8,10-12,14-15,17,20H,4,9,13,16,31H2,1-3H3,(H,32,35)/b14-12+/t20-/m1/s1. The zero-order valence-corrected chi connectivity index (χ0v) is 23.0. The number of rotatable bonds is 7. The van der Waals surface area contributed by atoms with Gasteiger partial charge in [-0.1, -0.05) is 33.3 Å². The smallest absolute Gasteiger partial charge is 0.267 e. The lowest BCUT2D eigenvalue weighted by atomic mass is 9.69. The lowest BCUT2D eigenvalue weighted by Gasteiger charge is -2.36. The van der Waals surface area contributed by atoms with E-state index in [9.17, 15) is 9.59 Å². The van der Waals surface area contributed by atoms with E-state index in [4.69, 9.17) is 10.7 Å². The monoisotopic (exact) mass is 529 g/mol. The van der Waals surface area contributed by atoms with Gasteiger partial charge in [0.15, 0.2) is 5.78 Å². The number of nitrogens with two attached hydrogens (primary N) is 1. The third-order valence-electron chi connectivity index (χ3n) is 7.68. The van der Waals surface area contributed by atoms with Crippen LogP contribution in [0, 0.1) is 11.3 Å². The minimum Gasteiger partial charge on any atom is -0.397 e. The molecule has 1 atom stereocenters. The summed E-state index contributed by atoms with van der Waals surface area (Å²) in [6.45, 7) is 6.95. The summed E-state index contributed by atoms with van der Waals surface area (Å²) in [4.78, 5) is 32.8. The molecule has 0 bridgehead atoms. The molecular weight excluding hydrogens is 498 g/mol. The number of fused-ring (bicyclic) bond motifs is 2. The maximum atomic E-state index is 13.1. The average molecular weight is 530 g/mol. The largest absolute Gasteiger partial charge is 0.397 e. The van der Waals surface area contributed by atoms with Gasteiger partial charge in [0, 0.05) is 27.2 Å². The van der Waals surface area contributed by atoms with Gasteiger partial charge in [-0.25, -0.2) is 4.98 Å². The van der Waals surface area contributed by atoms with Gasteiger partial charge in [0.25, 0.3) is 5.91 Å². The number of nitrogens with one attached hydrogen (secondary N) is 1. The summed E-state index contributed by atoms with van der Waals surface area (Å²) in [6, 6.07) is 13.0. The Morgan fingerprint density at radius 3 is 2.70 bits per heavy atom. The molecular formula is C30H31N3O2S2. The first-order valence-corrected chi connectivity index (χ1v) is 14.3. The predicted octanol–water partition coefficient (Wildman–Crippen LogP) is 7.63. The quantitative estimate of drug-likeness (QED) is 0.190. The first kappa shape index (κ1) is 25.4. The molecule has 1 aliphatic carbocycles. The number of hydrogen-bond donors (Lipinski definition) is 2. The Labute approximate surface area is 225 Å². The number of benzene rings is 1. The van der Waals surface area contributed by atoms with E-state index < -0.39 is 0 Å². The number of nitrogens with zero attached hydrogens (tertiary/aromatic N) is 1. The zero-order chi connectivity index (χ0) is 26.2. The number of pyridine rings is 1. The molecule has 37 heavy (non-hydrogen) atoms. The van der Waals surface area contributed by atoms with E-state index in [1.807, 2.05) is 23.6 Å². The molecule has 0 aliphatic heterocycles. The van der Waals surface area contributed by atoms with Crippen LogP contribution in [0.3, 0.4) is 0 Å². The maximum Gasteiger partial charge on any atom is 0.267 e. The first-order chi connectivity index (χ1) is 17.7. The number of allylic oxidation sites excluding steroid dienone is 1. The summed E-state index contributed by atoms with van der Waals surface area (Å²) in [5, 5.41) is 5.75. The summed E-state index contributed by atoms with van der Waals surface area (Å²) in [5.74, 6) is 0.271. The number of nitrogen functional groups attached to an aromatic ring is 1. The molecule has 0 unspecified atom stereocenters. The van der Waals surface area contributed by atoms with Gasteiger partial charge >= 0.3 is 0 Å². The van der Waals surface area contributed by atoms with Gasteiger partial charge in [-0.2, -0.15) is 0 Å². The van der Waals surface area contributed by atoms with E-state index in [2.05, 4.69) is 32.2 Å². The highest BCUT2D eigenvalue weighted by atomic mass is 32.1. The van der Waals surface area contributed by atoms with Crippen molar-refractivity contribution in [3.05, 3.63) is 80.5 Å². The van der Waals surface area contributed by atoms with Crippen molar-refractivity contribution in [2.45, 2.75) is 46.5 Å².